The van der Waals surface area contributed by atoms with E-state index in [1.807, 2.05) is 42.5 Å². The zero-order valence-corrected chi connectivity index (χ0v) is 22.3. The molecule has 1 saturated heterocycles. The maximum Gasteiger partial charge on any atom is 0.417 e. The Hall–Kier alpha value is -4.38. The molecule has 0 aliphatic carbocycles. The fourth-order valence-corrected chi connectivity index (χ4v) is 5.25. The topological polar surface area (TPSA) is 49.9 Å². The zero-order chi connectivity index (χ0) is 27.0. The van der Waals surface area contributed by atoms with Gasteiger partial charge in [0.25, 0.3) is 0 Å². The second-order valence-electron chi connectivity index (χ2n) is 10.00. The minimum Gasteiger partial charge on any atom is -0.446 e. The van der Waals surface area contributed by atoms with Gasteiger partial charge in [-0.1, -0.05) is 110 Å². The number of carbonyl (C=O) groups excluding carboxylic acids is 2. The Kier molecular flexibility index (Phi) is 8.37. The van der Waals surface area contributed by atoms with Gasteiger partial charge in [0.1, 0.15) is 12.6 Å². The van der Waals surface area contributed by atoms with Gasteiger partial charge < -0.3 is 9.64 Å². The number of hydrogen-bond acceptors (Lipinski definition) is 4. The molecule has 0 spiro atoms. The average Bonchev–Trinajstić information content (AvgIpc) is 3.38. The number of rotatable bonds is 10. The summed E-state index contributed by atoms with van der Waals surface area (Å²) in [4.78, 5) is 29.7. The van der Waals surface area contributed by atoms with Crippen LogP contribution in [-0.2, 0) is 22.6 Å². The number of anilines is 1. The molecule has 1 heterocycles. The number of carbonyl (C=O) groups is 2. The molecule has 5 nitrogen and oxygen atoms in total. The molecular formula is C34H34N2O3. The van der Waals surface area contributed by atoms with Crippen molar-refractivity contribution in [3.05, 3.63) is 138 Å². The van der Waals surface area contributed by atoms with Crippen molar-refractivity contribution in [2.24, 2.45) is 0 Å². The van der Waals surface area contributed by atoms with Crippen LogP contribution in [-0.4, -0.2) is 23.5 Å². The van der Waals surface area contributed by atoms with Crippen molar-refractivity contribution in [1.82, 2.24) is 4.90 Å². The number of amides is 2. The van der Waals surface area contributed by atoms with Crippen molar-refractivity contribution in [3.63, 3.8) is 0 Å². The molecule has 0 saturated carbocycles. The van der Waals surface area contributed by atoms with Crippen molar-refractivity contribution in [1.29, 1.82) is 0 Å². The molecule has 4 aromatic carbocycles. The first-order chi connectivity index (χ1) is 19.1. The number of cyclic esters (lactones) is 1. The van der Waals surface area contributed by atoms with Gasteiger partial charge in [0.15, 0.2) is 0 Å². The summed E-state index contributed by atoms with van der Waals surface area (Å²) >= 11 is 0. The lowest BCUT2D eigenvalue weighted by Crippen LogP contribution is -2.35. The molecule has 5 rings (SSSR count). The summed E-state index contributed by atoms with van der Waals surface area (Å²) in [5.41, 5.74) is 5.58. The van der Waals surface area contributed by atoms with Crippen molar-refractivity contribution < 1.29 is 14.3 Å². The lowest BCUT2D eigenvalue weighted by molar-refractivity contribution is -0.129. The third-order valence-electron chi connectivity index (χ3n) is 7.38. The Morgan fingerprint density at radius 2 is 1.44 bits per heavy atom. The summed E-state index contributed by atoms with van der Waals surface area (Å²) in [7, 11) is 0. The molecule has 0 N–H and O–H groups in total. The second kappa shape index (κ2) is 12.4. The molecule has 0 unspecified atom stereocenters. The van der Waals surface area contributed by atoms with Gasteiger partial charge in [-0.15, -0.1) is 0 Å². The van der Waals surface area contributed by atoms with E-state index in [-0.39, 0.29) is 30.9 Å². The van der Waals surface area contributed by atoms with Crippen LogP contribution in [0.15, 0.2) is 115 Å². The van der Waals surface area contributed by atoms with Crippen LogP contribution in [0.1, 0.15) is 54.0 Å². The largest absolute Gasteiger partial charge is 0.446 e. The minimum absolute atomic E-state index is 0.0161. The molecule has 1 fully saturated rings. The second-order valence-corrected chi connectivity index (χ2v) is 10.00. The third kappa shape index (κ3) is 6.37. The van der Waals surface area contributed by atoms with Gasteiger partial charge in [-0.05, 0) is 46.7 Å². The fraction of sp³-hybridized carbons (Fsp3) is 0.235. The van der Waals surface area contributed by atoms with E-state index in [9.17, 15) is 9.59 Å². The van der Waals surface area contributed by atoms with Gasteiger partial charge in [-0.25, -0.2) is 9.69 Å². The van der Waals surface area contributed by atoms with Crippen molar-refractivity contribution in [2.45, 2.75) is 44.8 Å². The van der Waals surface area contributed by atoms with E-state index in [0.29, 0.717) is 0 Å². The van der Waals surface area contributed by atoms with E-state index in [1.165, 1.54) is 16.0 Å². The molecule has 1 aliphatic heterocycles. The maximum atomic E-state index is 13.5. The molecule has 39 heavy (non-hydrogen) atoms. The standard InChI is InChI=1S/C34H34N2O3/c1-2-28(22-33(37)36-32(25-39-34(36)38)29-17-10-5-11-18-29)30-19-12-20-31(21-30)35(23-26-13-6-3-7-14-26)24-27-15-8-4-9-16-27/h3-21,28,32H,2,22-25H2,1H3/t28-,32+/m0/s1. The SMILES string of the molecule is CC[C@@H](CC(=O)N1C(=O)OC[C@@H]1c1ccccc1)c1cccc(N(Cc2ccccc2)Cc2ccccc2)c1. The van der Waals surface area contributed by atoms with Crippen LogP contribution in [0.5, 0.6) is 0 Å². The van der Waals surface area contributed by atoms with Crippen LogP contribution in [0, 0.1) is 0 Å². The molecule has 198 valence electrons. The molecule has 5 heteroatoms. The first-order valence-corrected chi connectivity index (χ1v) is 13.6. The highest BCUT2D eigenvalue weighted by molar-refractivity contribution is 5.94. The van der Waals surface area contributed by atoms with Crippen LogP contribution in [0.2, 0.25) is 0 Å². The Balaban J connectivity index is 1.37. The number of ether oxygens (including phenoxy) is 1. The van der Waals surface area contributed by atoms with Crippen LogP contribution < -0.4 is 4.90 Å². The van der Waals surface area contributed by atoms with E-state index in [4.69, 9.17) is 4.74 Å². The quantitative estimate of drug-likeness (QED) is 0.218. The van der Waals surface area contributed by atoms with E-state index in [0.717, 1.165) is 36.3 Å². The molecule has 2 atom stereocenters. The monoisotopic (exact) mass is 518 g/mol. The van der Waals surface area contributed by atoms with E-state index < -0.39 is 6.09 Å². The lowest BCUT2D eigenvalue weighted by Gasteiger charge is -2.27. The summed E-state index contributed by atoms with van der Waals surface area (Å²) in [5.74, 6) is -0.216. The molecule has 4 aromatic rings. The van der Waals surface area contributed by atoms with Crippen LogP contribution in [0.3, 0.4) is 0 Å². The maximum absolute atomic E-state index is 13.5. The number of benzene rings is 4. The van der Waals surface area contributed by atoms with Crippen molar-refractivity contribution in [3.8, 4) is 0 Å². The van der Waals surface area contributed by atoms with Gasteiger partial charge in [-0.3, -0.25) is 4.79 Å². The lowest BCUT2D eigenvalue weighted by atomic mass is 9.91. The Morgan fingerprint density at radius 1 is 0.846 bits per heavy atom. The highest BCUT2D eigenvalue weighted by atomic mass is 16.6. The minimum atomic E-state index is -0.561. The Labute approximate surface area is 230 Å². The summed E-state index contributed by atoms with van der Waals surface area (Å²) in [6.07, 6.45) is 0.468. The fourth-order valence-electron chi connectivity index (χ4n) is 5.25. The van der Waals surface area contributed by atoms with Gasteiger partial charge in [0, 0.05) is 25.2 Å². The van der Waals surface area contributed by atoms with Crippen LogP contribution in [0.4, 0.5) is 10.5 Å². The molecule has 2 amide bonds. The predicted octanol–water partition coefficient (Wildman–Crippen LogP) is 7.50. The van der Waals surface area contributed by atoms with E-state index in [1.54, 1.807) is 0 Å². The van der Waals surface area contributed by atoms with Gasteiger partial charge in [-0.2, -0.15) is 0 Å². The number of hydrogen-bond donors (Lipinski definition) is 0. The Morgan fingerprint density at radius 3 is 2.03 bits per heavy atom. The molecule has 0 aromatic heterocycles. The average molecular weight is 519 g/mol. The van der Waals surface area contributed by atoms with Crippen molar-refractivity contribution in [2.75, 3.05) is 11.5 Å². The van der Waals surface area contributed by atoms with Gasteiger partial charge >= 0.3 is 6.09 Å². The highest BCUT2D eigenvalue weighted by Crippen LogP contribution is 2.33. The zero-order valence-electron chi connectivity index (χ0n) is 22.3. The number of imide groups is 1. The Bertz CT molecular complexity index is 1330. The van der Waals surface area contributed by atoms with Crippen molar-refractivity contribution >= 4 is 17.7 Å². The van der Waals surface area contributed by atoms with Crippen LogP contribution in [0.25, 0.3) is 0 Å². The van der Waals surface area contributed by atoms with E-state index in [2.05, 4.69) is 84.6 Å². The summed E-state index contributed by atoms with van der Waals surface area (Å²) in [6.45, 7) is 3.82. The molecule has 0 radical (unpaired) electrons. The van der Waals surface area contributed by atoms with E-state index >= 15 is 0 Å². The molecule has 0 bridgehead atoms. The first kappa shape index (κ1) is 26.2. The summed E-state index contributed by atoms with van der Waals surface area (Å²) in [5, 5.41) is 0. The number of nitrogens with zero attached hydrogens (tertiary/aromatic N) is 2. The summed E-state index contributed by atoms with van der Waals surface area (Å²) in [6, 6.07) is 38.6. The molecule has 1 aliphatic rings. The highest BCUT2D eigenvalue weighted by Gasteiger charge is 2.39. The molecular weight excluding hydrogens is 484 g/mol. The smallest absolute Gasteiger partial charge is 0.417 e. The predicted molar refractivity (Wildman–Crippen MR) is 154 cm³/mol. The van der Waals surface area contributed by atoms with Gasteiger partial charge in [0.2, 0.25) is 5.91 Å². The summed E-state index contributed by atoms with van der Waals surface area (Å²) < 4.78 is 5.30. The normalized spacial score (nSPS) is 15.6. The van der Waals surface area contributed by atoms with Crippen LogP contribution >= 0.6 is 0 Å². The first-order valence-electron chi connectivity index (χ1n) is 13.6. The van der Waals surface area contributed by atoms with Gasteiger partial charge in [0.05, 0.1) is 0 Å². The third-order valence-corrected chi connectivity index (χ3v) is 7.38.